The van der Waals surface area contributed by atoms with Gasteiger partial charge in [-0.2, -0.15) is 13.2 Å². The molecule has 2 aromatic carbocycles. The molecule has 0 bridgehead atoms. The largest absolute Gasteiger partial charge is 0.417 e. The molecule has 1 saturated carbocycles. The fourth-order valence-corrected chi connectivity index (χ4v) is 6.04. The molecule has 220 valence electrons. The van der Waals surface area contributed by atoms with Crippen LogP contribution in [0, 0.1) is 6.92 Å². The molecule has 1 N–H and O–H groups in total. The van der Waals surface area contributed by atoms with Gasteiger partial charge in [0.05, 0.1) is 22.5 Å². The van der Waals surface area contributed by atoms with E-state index in [0.29, 0.717) is 10.4 Å². The standard InChI is InChI=1S/C28H35ClF3N3O4S/c1-4-25(27(37)33-21-11-6-5-7-12-21)34(17-20-10-8-9-19(2)15-20)26(36)18-35(40(3,38)39)22-13-14-24(29)23(16-22)28(30,31)32/h8-10,13-16,21,25H,4-7,11-12,17-18H2,1-3H3,(H,33,37)/t25-/m0/s1. The Balaban J connectivity index is 1.97. The molecule has 0 aliphatic heterocycles. The first-order valence-electron chi connectivity index (χ1n) is 13.2. The van der Waals surface area contributed by atoms with Crippen molar-refractivity contribution in [3.8, 4) is 0 Å². The Labute approximate surface area is 238 Å². The minimum atomic E-state index is -4.83. The van der Waals surface area contributed by atoms with Gasteiger partial charge in [0, 0.05) is 12.6 Å². The lowest BCUT2D eigenvalue weighted by atomic mass is 9.95. The van der Waals surface area contributed by atoms with Crippen LogP contribution in [0.25, 0.3) is 0 Å². The Bertz CT molecular complexity index is 1310. The van der Waals surface area contributed by atoms with Crippen LogP contribution in [0.5, 0.6) is 0 Å². The van der Waals surface area contributed by atoms with E-state index in [9.17, 15) is 31.2 Å². The number of carbonyl (C=O) groups excluding carboxylic acids is 2. The topological polar surface area (TPSA) is 86.8 Å². The second-order valence-electron chi connectivity index (χ2n) is 10.2. The first kappa shape index (κ1) is 31.7. The van der Waals surface area contributed by atoms with Crippen molar-refractivity contribution in [1.29, 1.82) is 0 Å². The molecular formula is C28H35ClF3N3O4S. The lowest BCUT2D eigenvalue weighted by Crippen LogP contribution is -2.54. The average molecular weight is 602 g/mol. The summed E-state index contributed by atoms with van der Waals surface area (Å²) in [5, 5.41) is 2.45. The van der Waals surface area contributed by atoms with Crippen LogP contribution < -0.4 is 9.62 Å². The van der Waals surface area contributed by atoms with Gasteiger partial charge in [-0.3, -0.25) is 13.9 Å². The number of alkyl halides is 3. The van der Waals surface area contributed by atoms with E-state index in [2.05, 4.69) is 5.32 Å². The second-order valence-corrected chi connectivity index (χ2v) is 12.5. The van der Waals surface area contributed by atoms with E-state index < -0.39 is 45.3 Å². The van der Waals surface area contributed by atoms with Gasteiger partial charge < -0.3 is 10.2 Å². The van der Waals surface area contributed by atoms with Crippen LogP contribution in [0.2, 0.25) is 5.02 Å². The molecular weight excluding hydrogens is 567 g/mol. The number of sulfonamides is 1. The van der Waals surface area contributed by atoms with Crippen LogP contribution in [0.4, 0.5) is 18.9 Å². The second kappa shape index (κ2) is 13.2. The van der Waals surface area contributed by atoms with E-state index in [0.717, 1.165) is 61.6 Å². The summed E-state index contributed by atoms with van der Waals surface area (Å²) in [6.07, 6.45) is 1.01. The number of hydrogen-bond acceptors (Lipinski definition) is 4. The lowest BCUT2D eigenvalue weighted by Gasteiger charge is -2.34. The normalized spacial score (nSPS) is 15.4. The minimum Gasteiger partial charge on any atom is -0.352 e. The van der Waals surface area contributed by atoms with Crippen LogP contribution in [-0.2, 0) is 32.3 Å². The van der Waals surface area contributed by atoms with Gasteiger partial charge in [0.25, 0.3) is 0 Å². The maximum absolute atomic E-state index is 13.8. The Morgan fingerprint density at radius 2 is 1.77 bits per heavy atom. The molecule has 0 unspecified atom stereocenters. The quantitative estimate of drug-likeness (QED) is 0.379. The highest BCUT2D eigenvalue weighted by atomic mass is 35.5. The first-order valence-corrected chi connectivity index (χ1v) is 15.4. The third-order valence-corrected chi connectivity index (χ3v) is 8.47. The van der Waals surface area contributed by atoms with Gasteiger partial charge in [0.15, 0.2) is 0 Å². The molecule has 12 heteroatoms. The number of nitrogens with one attached hydrogen (secondary N) is 1. The SMILES string of the molecule is CC[C@@H](C(=O)NC1CCCCC1)N(Cc1cccc(C)c1)C(=O)CN(c1ccc(Cl)c(C(F)(F)F)c1)S(C)(=O)=O. The highest BCUT2D eigenvalue weighted by Crippen LogP contribution is 2.37. The van der Waals surface area contributed by atoms with E-state index in [1.807, 2.05) is 25.1 Å². The smallest absolute Gasteiger partial charge is 0.352 e. The Morgan fingerprint density at radius 3 is 2.35 bits per heavy atom. The van der Waals surface area contributed by atoms with Crippen LogP contribution in [-0.4, -0.2) is 50.0 Å². The molecule has 0 heterocycles. The van der Waals surface area contributed by atoms with Crippen molar-refractivity contribution in [3.63, 3.8) is 0 Å². The van der Waals surface area contributed by atoms with Crippen molar-refractivity contribution < 1.29 is 31.2 Å². The molecule has 40 heavy (non-hydrogen) atoms. The molecule has 7 nitrogen and oxygen atoms in total. The lowest BCUT2D eigenvalue weighted by molar-refractivity contribution is -0.140. The molecule has 1 fully saturated rings. The number of halogens is 4. The third-order valence-electron chi connectivity index (χ3n) is 7.00. The molecule has 0 spiro atoms. The van der Waals surface area contributed by atoms with Gasteiger partial charge >= 0.3 is 6.18 Å². The highest BCUT2D eigenvalue weighted by Gasteiger charge is 2.36. The summed E-state index contributed by atoms with van der Waals surface area (Å²) < 4.78 is 66.6. The Morgan fingerprint density at radius 1 is 1.10 bits per heavy atom. The van der Waals surface area contributed by atoms with Gasteiger partial charge in [0.2, 0.25) is 21.8 Å². The summed E-state index contributed by atoms with van der Waals surface area (Å²) in [6.45, 7) is 2.86. The number of rotatable bonds is 10. The molecule has 1 aliphatic rings. The molecule has 3 rings (SSSR count). The number of aryl methyl sites for hydroxylation is 1. The fraction of sp³-hybridized carbons (Fsp3) is 0.500. The van der Waals surface area contributed by atoms with Crippen LogP contribution in [0.1, 0.15) is 62.1 Å². The Kier molecular flexibility index (Phi) is 10.5. The number of anilines is 1. The van der Waals surface area contributed by atoms with E-state index in [1.54, 1.807) is 13.0 Å². The molecule has 1 atom stereocenters. The Hall–Kier alpha value is -2.79. The summed E-state index contributed by atoms with van der Waals surface area (Å²) in [5.41, 5.74) is 0.0858. The van der Waals surface area contributed by atoms with Gasteiger partial charge in [-0.15, -0.1) is 0 Å². The number of amides is 2. The van der Waals surface area contributed by atoms with Crippen molar-refractivity contribution >= 4 is 39.1 Å². The maximum Gasteiger partial charge on any atom is 0.417 e. The van der Waals surface area contributed by atoms with Crippen molar-refractivity contribution in [1.82, 2.24) is 10.2 Å². The van der Waals surface area contributed by atoms with Gasteiger partial charge in [-0.1, -0.05) is 67.6 Å². The zero-order valence-corrected chi connectivity index (χ0v) is 24.4. The predicted octanol–water partition coefficient (Wildman–Crippen LogP) is 5.69. The third kappa shape index (κ3) is 8.36. The highest BCUT2D eigenvalue weighted by molar-refractivity contribution is 7.92. The molecule has 2 aromatic rings. The zero-order chi connectivity index (χ0) is 29.7. The van der Waals surface area contributed by atoms with Crippen LogP contribution >= 0.6 is 11.6 Å². The van der Waals surface area contributed by atoms with Crippen molar-refractivity contribution in [2.45, 2.75) is 77.2 Å². The van der Waals surface area contributed by atoms with E-state index in [-0.39, 0.29) is 30.6 Å². The molecule has 0 saturated heterocycles. The zero-order valence-electron chi connectivity index (χ0n) is 22.8. The van der Waals surface area contributed by atoms with Crippen LogP contribution in [0.3, 0.4) is 0 Å². The molecule has 0 aromatic heterocycles. The van der Waals surface area contributed by atoms with Crippen molar-refractivity contribution in [2.24, 2.45) is 0 Å². The summed E-state index contributed by atoms with van der Waals surface area (Å²) in [4.78, 5) is 28.5. The maximum atomic E-state index is 13.8. The molecule has 1 aliphatic carbocycles. The molecule has 2 amide bonds. The van der Waals surface area contributed by atoms with Gasteiger partial charge in [0.1, 0.15) is 12.6 Å². The van der Waals surface area contributed by atoms with E-state index >= 15 is 0 Å². The minimum absolute atomic E-state index is 0.00593. The number of nitrogens with zero attached hydrogens (tertiary/aromatic N) is 2. The first-order chi connectivity index (χ1) is 18.7. The molecule has 0 radical (unpaired) electrons. The monoisotopic (exact) mass is 601 g/mol. The fourth-order valence-electron chi connectivity index (χ4n) is 4.97. The van der Waals surface area contributed by atoms with Crippen molar-refractivity contribution in [3.05, 3.63) is 64.2 Å². The summed E-state index contributed by atoms with van der Waals surface area (Å²) in [7, 11) is -4.20. The summed E-state index contributed by atoms with van der Waals surface area (Å²) in [5.74, 6) is -1.06. The van der Waals surface area contributed by atoms with E-state index in [1.165, 1.54) is 4.90 Å². The van der Waals surface area contributed by atoms with Gasteiger partial charge in [-0.05, 0) is 49.9 Å². The summed E-state index contributed by atoms with van der Waals surface area (Å²) in [6, 6.07) is 9.09. The van der Waals surface area contributed by atoms with Crippen LogP contribution in [0.15, 0.2) is 42.5 Å². The van der Waals surface area contributed by atoms with Gasteiger partial charge in [-0.25, -0.2) is 8.42 Å². The van der Waals surface area contributed by atoms with Crippen molar-refractivity contribution in [2.75, 3.05) is 17.1 Å². The summed E-state index contributed by atoms with van der Waals surface area (Å²) >= 11 is 5.73. The number of hydrogen-bond donors (Lipinski definition) is 1. The van der Waals surface area contributed by atoms with E-state index in [4.69, 9.17) is 11.6 Å². The predicted molar refractivity (Wildman–Crippen MR) is 149 cm³/mol. The number of carbonyl (C=O) groups is 2. The number of benzene rings is 2. The average Bonchev–Trinajstić information content (AvgIpc) is 2.87.